The maximum atomic E-state index is 11.9. The normalized spacial score (nSPS) is 10.6. The predicted octanol–water partition coefficient (Wildman–Crippen LogP) is 3.71. The lowest BCUT2D eigenvalue weighted by molar-refractivity contribution is 0.192. The van der Waals surface area contributed by atoms with Crippen LogP contribution in [0.4, 0.5) is 4.39 Å². The number of likely N-dealkylation sites (N-methyl/N-ethyl adjacent to an activating group) is 1. The molecule has 0 spiro atoms. The molecule has 0 unspecified atom stereocenters. The van der Waals surface area contributed by atoms with E-state index in [2.05, 4.69) is 17.6 Å². The Bertz CT molecular complexity index is 768. The standard InChI is InChI=1S/C12H16N2O2S2.C6H5F/c1-14(4-6-15)5-7-16-9-2-3-10-11(8-9)18-12(17)13-10;7-6-4-2-1-3-5-6/h2-3,8,15H,4-7H2,1H3,(H,13,17);1-5H. The summed E-state index contributed by atoms with van der Waals surface area (Å²) in [7, 11) is 1.96. The van der Waals surface area contributed by atoms with Crippen LogP contribution in [0, 0.1) is 5.82 Å². The Labute approximate surface area is 156 Å². The molecule has 0 aliphatic rings. The minimum absolute atomic E-state index is 0.175. The van der Waals surface area contributed by atoms with E-state index in [4.69, 9.17) is 9.84 Å². The van der Waals surface area contributed by atoms with Gasteiger partial charge >= 0.3 is 0 Å². The number of aliphatic hydroxyl groups excluding tert-OH is 1. The SMILES string of the molecule is CN(CCO)CCOc1ccc2nc(S)sc2c1.Fc1ccccc1. The molecule has 1 N–H and O–H groups in total. The van der Waals surface area contributed by atoms with Crippen molar-refractivity contribution in [3.05, 3.63) is 54.3 Å². The summed E-state index contributed by atoms with van der Waals surface area (Å²) in [4.78, 5) is 6.30. The van der Waals surface area contributed by atoms with Crippen molar-refractivity contribution in [2.45, 2.75) is 4.34 Å². The average Bonchev–Trinajstić information content (AvgIpc) is 2.96. The highest BCUT2D eigenvalue weighted by Gasteiger charge is 2.03. The molecule has 0 saturated heterocycles. The first-order chi connectivity index (χ1) is 12.1. The smallest absolute Gasteiger partial charge is 0.148 e. The minimum Gasteiger partial charge on any atom is -0.492 e. The van der Waals surface area contributed by atoms with Gasteiger partial charge in [0.25, 0.3) is 0 Å². The van der Waals surface area contributed by atoms with Crippen LogP contribution in [0.25, 0.3) is 10.2 Å². The average molecular weight is 381 g/mol. The van der Waals surface area contributed by atoms with E-state index < -0.39 is 0 Å². The van der Waals surface area contributed by atoms with Crippen molar-refractivity contribution < 1.29 is 14.2 Å². The number of nitrogens with zero attached hydrogens (tertiary/aromatic N) is 2. The van der Waals surface area contributed by atoms with Crippen molar-refractivity contribution in [1.29, 1.82) is 0 Å². The highest BCUT2D eigenvalue weighted by atomic mass is 32.2. The van der Waals surface area contributed by atoms with Crippen molar-refractivity contribution in [2.75, 3.05) is 33.4 Å². The third-order valence-corrected chi connectivity index (χ3v) is 4.50. The van der Waals surface area contributed by atoms with Gasteiger partial charge in [0, 0.05) is 13.1 Å². The largest absolute Gasteiger partial charge is 0.492 e. The van der Waals surface area contributed by atoms with Gasteiger partial charge in [-0.15, -0.1) is 24.0 Å². The molecule has 4 nitrogen and oxygen atoms in total. The molecule has 0 aliphatic heterocycles. The molecule has 7 heteroatoms. The molecule has 0 bridgehead atoms. The van der Waals surface area contributed by atoms with Crippen LogP contribution < -0.4 is 4.74 Å². The number of aromatic nitrogens is 1. The molecule has 0 fully saturated rings. The number of fused-ring (bicyclic) bond motifs is 1. The first-order valence-electron chi connectivity index (χ1n) is 7.81. The van der Waals surface area contributed by atoms with Crippen LogP contribution in [-0.4, -0.2) is 48.3 Å². The Balaban J connectivity index is 0.000000269. The number of hydrogen-bond donors (Lipinski definition) is 2. The monoisotopic (exact) mass is 380 g/mol. The molecule has 134 valence electrons. The fraction of sp³-hybridized carbons (Fsp3) is 0.278. The van der Waals surface area contributed by atoms with Crippen molar-refractivity contribution >= 4 is 34.2 Å². The Morgan fingerprint density at radius 2 is 1.96 bits per heavy atom. The van der Waals surface area contributed by atoms with Crippen LogP contribution in [0.5, 0.6) is 5.75 Å². The third-order valence-electron chi connectivity index (χ3n) is 3.31. The second-order valence-corrected chi connectivity index (χ2v) is 7.05. The highest BCUT2D eigenvalue weighted by Crippen LogP contribution is 2.27. The lowest BCUT2D eigenvalue weighted by Crippen LogP contribution is -2.27. The number of benzene rings is 2. The molecular weight excluding hydrogens is 359 g/mol. The first kappa shape index (κ1) is 19.7. The summed E-state index contributed by atoms with van der Waals surface area (Å²) in [5.41, 5.74) is 0.953. The van der Waals surface area contributed by atoms with E-state index >= 15 is 0 Å². The highest BCUT2D eigenvalue weighted by molar-refractivity contribution is 7.82. The summed E-state index contributed by atoms with van der Waals surface area (Å²) in [6, 6.07) is 13.8. The molecule has 25 heavy (non-hydrogen) atoms. The van der Waals surface area contributed by atoms with Crippen molar-refractivity contribution in [3.8, 4) is 5.75 Å². The number of ether oxygens (including phenoxy) is 1. The summed E-state index contributed by atoms with van der Waals surface area (Å²) < 4.78 is 19.4. The quantitative estimate of drug-likeness (QED) is 0.640. The van der Waals surface area contributed by atoms with Gasteiger partial charge in [0.1, 0.15) is 22.5 Å². The van der Waals surface area contributed by atoms with Gasteiger partial charge in [0.05, 0.1) is 16.8 Å². The van der Waals surface area contributed by atoms with Crippen molar-refractivity contribution in [2.24, 2.45) is 0 Å². The van der Waals surface area contributed by atoms with Gasteiger partial charge < -0.3 is 14.7 Å². The van der Waals surface area contributed by atoms with E-state index in [1.54, 1.807) is 29.5 Å². The Morgan fingerprint density at radius 3 is 2.60 bits per heavy atom. The van der Waals surface area contributed by atoms with Crippen LogP contribution in [0.3, 0.4) is 0 Å². The Hall–Kier alpha value is -1.67. The Kier molecular flexibility index (Phi) is 8.14. The van der Waals surface area contributed by atoms with Crippen molar-refractivity contribution in [1.82, 2.24) is 9.88 Å². The molecule has 1 heterocycles. The molecule has 0 aliphatic carbocycles. The maximum absolute atomic E-state index is 11.9. The van der Waals surface area contributed by atoms with Crippen LogP contribution in [-0.2, 0) is 0 Å². The summed E-state index contributed by atoms with van der Waals surface area (Å²) in [6.07, 6.45) is 0. The Morgan fingerprint density at radius 1 is 1.20 bits per heavy atom. The summed E-state index contributed by atoms with van der Waals surface area (Å²) >= 11 is 5.78. The van der Waals surface area contributed by atoms with Gasteiger partial charge in [-0.1, -0.05) is 18.2 Å². The third kappa shape index (κ3) is 6.99. The second kappa shape index (κ2) is 10.4. The first-order valence-corrected chi connectivity index (χ1v) is 9.07. The zero-order valence-corrected chi connectivity index (χ0v) is 15.6. The van der Waals surface area contributed by atoms with E-state index in [9.17, 15) is 4.39 Å². The number of aliphatic hydroxyl groups is 1. The number of hydrogen-bond acceptors (Lipinski definition) is 6. The van der Waals surface area contributed by atoms with E-state index in [-0.39, 0.29) is 12.4 Å². The molecule has 0 saturated carbocycles. The fourth-order valence-corrected chi connectivity index (χ4v) is 3.14. The van der Waals surface area contributed by atoms with Crippen LogP contribution in [0.15, 0.2) is 52.9 Å². The van der Waals surface area contributed by atoms with Gasteiger partial charge in [-0.3, -0.25) is 0 Å². The van der Waals surface area contributed by atoms with E-state index in [1.165, 1.54) is 12.1 Å². The van der Waals surface area contributed by atoms with Gasteiger partial charge in [0.15, 0.2) is 0 Å². The van der Waals surface area contributed by atoms with Gasteiger partial charge in [-0.05, 0) is 37.4 Å². The minimum atomic E-state index is -0.178. The summed E-state index contributed by atoms with van der Waals surface area (Å²) in [5.74, 6) is 0.666. The molecule has 0 amide bonds. The molecule has 2 aromatic carbocycles. The molecule has 0 radical (unpaired) electrons. The lowest BCUT2D eigenvalue weighted by Gasteiger charge is -2.15. The number of thiazole rings is 1. The lowest BCUT2D eigenvalue weighted by atomic mass is 10.3. The van der Waals surface area contributed by atoms with E-state index in [0.717, 1.165) is 26.9 Å². The molecule has 3 rings (SSSR count). The zero-order chi connectivity index (χ0) is 18.1. The van der Waals surface area contributed by atoms with Crippen LogP contribution >= 0.6 is 24.0 Å². The summed E-state index contributed by atoms with van der Waals surface area (Å²) in [5, 5.41) is 8.78. The number of halogens is 1. The maximum Gasteiger partial charge on any atom is 0.148 e. The summed E-state index contributed by atoms with van der Waals surface area (Å²) in [6.45, 7) is 2.24. The van der Waals surface area contributed by atoms with Gasteiger partial charge in [0.2, 0.25) is 0 Å². The van der Waals surface area contributed by atoms with Gasteiger partial charge in [-0.25, -0.2) is 9.37 Å². The van der Waals surface area contributed by atoms with Crippen LogP contribution in [0.1, 0.15) is 0 Å². The van der Waals surface area contributed by atoms with Crippen molar-refractivity contribution in [3.63, 3.8) is 0 Å². The van der Waals surface area contributed by atoms with E-state index in [1.807, 2.05) is 30.1 Å². The van der Waals surface area contributed by atoms with Crippen LogP contribution in [0.2, 0.25) is 0 Å². The predicted molar refractivity (Wildman–Crippen MR) is 103 cm³/mol. The zero-order valence-electron chi connectivity index (χ0n) is 13.9. The second-order valence-electron chi connectivity index (χ2n) is 5.30. The van der Waals surface area contributed by atoms with E-state index in [0.29, 0.717) is 13.2 Å². The van der Waals surface area contributed by atoms with Gasteiger partial charge in [-0.2, -0.15) is 0 Å². The molecular formula is C18H21FN2O2S2. The topological polar surface area (TPSA) is 45.6 Å². The number of thiol groups is 1. The molecule has 0 atom stereocenters. The molecule has 3 aromatic rings. The number of rotatable bonds is 6. The fourth-order valence-electron chi connectivity index (χ4n) is 2.00. The molecule has 1 aromatic heterocycles.